The molecule has 2 aromatic carbocycles. The van der Waals surface area contributed by atoms with Crippen molar-refractivity contribution in [2.24, 2.45) is 0 Å². The van der Waals surface area contributed by atoms with E-state index in [1.807, 2.05) is 30.3 Å². The molecular weight excluding hydrogens is 535 g/mol. The number of pyridine rings is 3. The van der Waals surface area contributed by atoms with Crippen LogP contribution >= 0.6 is 0 Å². The van der Waals surface area contributed by atoms with Gasteiger partial charge in [0, 0.05) is 46.9 Å². The maximum Gasteiger partial charge on any atom is 0.255 e. The molecule has 7 aromatic rings. The fourth-order valence-electron chi connectivity index (χ4n) is 4.78. The first-order valence-electron chi connectivity index (χ1n) is 12.9. The molecule has 0 saturated carbocycles. The minimum Gasteiger partial charge on any atom is -0.497 e. The van der Waals surface area contributed by atoms with Crippen LogP contribution in [0.15, 0.2) is 91.5 Å². The average molecular weight is 557 g/mol. The Morgan fingerprint density at radius 3 is 2.62 bits per heavy atom. The number of hydrogen-bond donors (Lipinski definition) is 3. The van der Waals surface area contributed by atoms with Gasteiger partial charge in [-0.3, -0.25) is 19.9 Å². The molecule has 0 fully saturated rings. The van der Waals surface area contributed by atoms with E-state index in [0.29, 0.717) is 56.5 Å². The highest BCUT2D eigenvalue weighted by Crippen LogP contribution is 2.33. The van der Waals surface area contributed by atoms with Crippen molar-refractivity contribution in [1.82, 2.24) is 35.1 Å². The summed E-state index contributed by atoms with van der Waals surface area (Å²) in [6, 6.07) is 19.0. The van der Waals surface area contributed by atoms with Crippen LogP contribution in [0.1, 0.15) is 10.4 Å². The lowest BCUT2D eigenvalue weighted by Crippen LogP contribution is -2.11. The lowest BCUT2D eigenvalue weighted by Gasteiger charge is -2.07. The van der Waals surface area contributed by atoms with E-state index in [-0.39, 0.29) is 5.91 Å². The van der Waals surface area contributed by atoms with E-state index in [1.54, 1.807) is 49.1 Å². The highest BCUT2D eigenvalue weighted by atomic mass is 19.1. The minimum atomic E-state index is -0.436. The molecule has 10 nitrogen and oxygen atoms in total. The molecule has 0 atom stereocenters. The molecule has 3 N–H and O–H groups in total. The third-order valence-corrected chi connectivity index (χ3v) is 6.79. The van der Waals surface area contributed by atoms with Gasteiger partial charge in [-0.15, -0.1) is 0 Å². The predicted octanol–water partition coefficient (Wildman–Crippen LogP) is 6.03. The van der Waals surface area contributed by atoms with Gasteiger partial charge >= 0.3 is 0 Å². The maximum atomic E-state index is 14.3. The van der Waals surface area contributed by atoms with Crippen LogP contribution in [0.3, 0.4) is 0 Å². The minimum absolute atomic E-state index is 0.226. The van der Waals surface area contributed by atoms with Crippen molar-refractivity contribution in [3.63, 3.8) is 0 Å². The number of benzene rings is 2. The summed E-state index contributed by atoms with van der Waals surface area (Å²) in [5.74, 6) is 0.217. The Bertz CT molecular complexity index is 2110. The number of amides is 1. The zero-order valence-electron chi connectivity index (χ0n) is 22.1. The molecule has 0 radical (unpaired) electrons. The number of hydrogen-bond acceptors (Lipinski definition) is 7. The fourth-order valence-corrected chi connectivity index (χ4v) is 4.78. The quantitative estimate of drug-likeness (QED) is 0.228. The van der Waals surface area contributed by atoms with Gasteiger partial charge in [0.1, 0.15) is 22.8 Å². The zero-order valence-corrected chi connectivity index (χ0v) is 22.1. The van der Waals surface area contributed by atoms with Gasteiger partial charge in [0.2, 0.25) is 0 Å². The van der Waals surface area contributed by atoms with Crippen molar-refractivity contribution in [2.45, 2.75) is 0 Å². The molecule has 0 aliphatic rings. The van der Waals surface area contributed by atoms with E-state index >= 15 is 0 Å². The Morgan fingerprint density at radius 1 is 0.905 bits per heavy atom. The summed E-state index contributed by atoms with van der Waals surface area (Å²) in [5, 5.41) is 11.1. The van der Waals surface area contributed by atoms with Gasteiger partial charge in [-0.1, -0.05) is 18.2 Å². The summed E-state index contributed by atoms with van der Waals surface area (Å²) in [5.41, 5.74) is 6.09. The molecule has 0 aliphatic heterocycles. The van der Waals surface area contributed by atoms with E-state index in [9.17, 15) is 9.18 Å². The Morgan fingerprint density at radius 2 is 1.76 bits per heavy atom. The van der Waals surface area contributed by atoms with Crippen molar-refractivity contribution in [1.29, 1.82) is 0 Å². The van der Waals surface area contributed by atoms with Crippen molar-refractivity contribution in [3.05, 3.63) is 103 Å². The van der Waals surface area contributed by atoms with E-state index in [1.165, 1.54) is 19.2 Å². The summed E-state index contributed by atoms with van der Waals surface area (Å²) < 4.78 is 19.5. The number of H-pyrrole nitrogens is 2. The first kappa shape index (κ1) is 25.0. The SMILES string of the molecule is COc1cc(F)cc(-c2nccc3[nH]c(-c4n[nH]c5ncc(-c6cncc(NC(=O)c7ccccc7)c6)cc45)nc23)c1. The number of carbonyl (C=O) groups excluding carboxylic acids is 1. The van der Waals surface area contributed by atoms with Gasteiger partial charge in [-0.25, -0.2) is 14.4 Å². The standard InChI is InChI=1S/C31H21FN8O2/c1-42-23-11-18(9-21(32)13-23)26-28-25(7-8-34-26)37-30(38-28)27-24-12-20(15-35-29(24)40-39-27)19-10-22(16-33-14-19)36-31(41)17-5-3-2-4-6-17/h2-16H,1H3,(H,36,41)(H,37,38)(H,35,39,40). The molecule has 5 heterocycles. The number of nitrogens with one attached hydrogen (secondary N) is 3. The normalized spacial score (nSPS) is 11.2. The molecule has 1 amide bonds. The molecule has 5 aromatic heterocycles. The number of methoxy groups -OCH3 is 1. The number of aromatic nitrogens is 7. The van der Waals surface area contributed by atoms with Crippen LogP contribution in [0, 0.1) is 5.82 Å². The van der Waals surface area contributed by atoms with Crippen molar-refractivity contribution >= 4 is 33.7 Å². The van der Waals surface area contributed by atoms with E-state index in [2.05, 4.69) is 35.5 Å². The van der Waals surface area contributed by atoms with Crippen LogP contribution in [-0.4, -0.2) is 48.1 Å². The molecule has 0 aliphatic carbocycles. The molecule has 0 bridgehead atoms. The second-order valence-corrected chi connectivity index (χ2v) is 9.50. The van der Waals surface area contributed by atoms with Gasteiger partial charge in [0.05, 0.1) is 35.6 Å². The second kappa shape index (κ2) is 10.2. The number of carbonyl (C=O) groups is 1. The largest absolute Gasteiger partial charge is 0.497 e. The number of aromatic amines is 2. The van der Waals surface area contributed by atoms with Crippen LogP contribution < -0.4 is 10.1 Å². The second-order valence-electron chi connectivity index (χ2n) is 9.50. The lowest BCUT2D eigenvalue weighted by molar-refractivity contribution is 0.102. The predicted molar refractivity (Wildman–Crippen MR) is 156 cm³/mol. The summed E-state index contributed by atoms with van der Waals surface area (Å²) in [4.78, 5) is 34.1. The molecule has 0 spiro atoms. The van der Waals surface area contributed by atoms with E-state index in [4.69, 9.17) is 9.72 Å². The van der Waals surface area contributed by atoms with Crippen LogP contribution in [0.2, 0.25) is 0 Å². The molecule has 7 rings (SSSR count). The Balaban J connectivity index is 1.25. The van der Waals surface area contributed by atoms with Gasteiger partial charge in [0.25, 0.3) is 5.91 Å². The van der Waals surface area contributed by atoms with E-state index in [0.717, 1.165) is 16.5 Å². The van der Waals surface area contributed by atoms with Crippen LogP contribution in [0.5, 0.6) is 5.75 Å². The number of ether oxygens (including phenoxy) is 1. The van der Waals surface area contributed by atoms with Gasteiger partial charge < -0.3 is 15.0 Å². The molecule has 0 saturated heterocycles. The first-order chi connectivity index (χ1) is 20.6. The molecule has 204 valence electrons. The lowest BCUT2D eigenvalue weighted by atomic mass is 10.1. The van der Waals surface area contributed by atoms with Crippen molar-refractivity contribution in [3.8, 4) is 39.7 Å². The summed E-state index contributed by atoms with van der Waals surface area (Å²) in [6.07, 6.45) is 6.64. The van der Waals surface area contributed by atoms with E-state index < -0.39 is 5.82 Å². The van der Waals surface area contributed by atoms with Crippen LogP contribution in [0.4, 0.5) is 10.1 Å². The van der Waals surface area contributed by atoms with Crippen molar-refractivity contribution in [2.75, 3.05) is 12.4 Å². The van der Waals surface area contributed by atoms with Gasteiger partial charge in [-0.2, -0.15) is 5.10 Å². The van der Waals surface area contributed by atoms with Gasteiger partial charge in [-0.05, 0) is 42.5 Å². The molecular formula is C31H21FN8O2. The molecule has 42 heavy (non-hydrogen) atoms. The first-order valence-corrected chi connectivity index (χ1v) is 12.9. The van der Waals surface area contributed by atoms with Crippen LogP contribution in [-0.2, 0) is 0 Å². The number of halogens is 1. The average Bonchev–Trinajstić information content (AvgIpc) is 3.65. The number of anilines is 1. The van der Waals surface area contributed by atoms with Crippen molar-refractivity contribution < 1.29 is 13.9 Å². The smallest absolute Gasteiger partial charge is 0.255 e. The highest BCUT2D eigenvalue weighted by molar-refractivity contribution is 6.04. The Labute approximate surface area is 237 Å². The van der Waals surface area contributed by atoms with Gasteiger partial charge in [0.15, 0.2) is 11.5 Å². The summed E-state index contributed by atoms with van der Waals surface area (Å²) in [6.45, 7) is 0. The number of nitrogens with zero attached hydrogens (tertiary/aromatic N) is 5. The molecule has 0 unspecified atom stereocenters. The third kappa shape index (κ3) is 4.58. The highest BCUT2D eigenvalue weighted by Gasteiger charge is 2.18. The monoisotopic (exact) mass is 556 g/mol. The topological polar surface area (TPSA) is 134 Å². The number of fused-ring (bicyclic) bond motifs is 2. The fraction of sp³-hybridized carbons (Fsp3) is 0.0323. The van der Waals surface area contributed by atoms with Crippen LogP contribution in [0.25, 0.3) is 56.0 Å². The Kier molecular flexibility index (Phi) is 6.08. The number of rotatable bonds is 6. The third-order valence-electron chi connectivity index (χ3n) is 6.79. The summed E-state index contributed by atoms with van der Waals surface area (Å²) in [7, 11) is 1.48. The maximum absolute atomic E-state index is 14.3. The number of imidazole rings is 1. The molecule has 11 heteroatoms. The zero-order chi connectivity index (χ0) is 28.6. The Hall–Kier alpha value is -5.97. The summed E-state index contributed by atoms with van der Waals surface area (Å²) >= 11 is 0.